The monoisotopic (exact) mass is 460 g/mol. The van der Waals surface area contributed by atoms with Gasteiger partial charge in [-0.25, -0.2) is 8.78 Å². The van der Waals surface area contributed by atoms with E-state index in [0.29, 0.717) is 25.6 Å². The first-order chi connectivity index (χ1) is 15.6. The van der Waals surface area contributed by atoms with Gasteiger partial charge in [0.2, 0.25) is 17.7 Å². The number of nitrogens with one attached hydrogen (secondary N) is 3. The summed E-state index contributed by atoms with van der Waals surface area (Å²) in [6, 6.07) is 10.6. The zero-order valence-corrected chi connectivity index (χ0v) is 19.0. The molecule has 0 aromatic heterocycles. The molecule has 9 heteroatoms. The van der Waals surface area contributed by atoms with Crippen LogP contribution in [0.4, 0.5) is 8.78 Å². The Morgan fingerprint density at radius 1 is 0.939 bits per heavy atom. The minimum absolute atomic E-state index is 0.140. The first-order valence-corrected chi connectivity index (χ1v) is 10.6. The molecule has 0 aliphatic rings. The van der Waals surface area contributed by atoms with E-state index in [-0.39, 0.29) is 12.0 Å². The van der Waals surface area contributed by atoms with E-state index < -0.39 is 41.4 Å². The molecule has 2 aromatic carbocycles. The largest absolute Gasteiger partial charge is 0.344 e. The van der Waals surface area contributed by atoms with Crippen molar-refractivity contribution in [3.63, 3.8) is 0 Å². The summed E-state index contributed by atoms with van der Waals surface area (Å²) in [6.07, 6.45) is 0.0855. The molecule has 178 valence electrons. The standard InChI is InChI=1S/C24H30F2N4O3/c1-16(28-22(31)14-18-11-19(25)15-20(26)12-18)23(32)29-24(33)21(27-9-10-30(2)3)13-17-7-5-4-6-8-17/h4-8,11-12,15-16,21,27H,9-10,13-14H2,1-3H3,(H,28,31)(H,29,32,33)/t16-,21-/m0/s1. The number of benzene rings is 2. The number of imide groups is 1. The van der Waals surface area contributed by atoms with Crippen LogP contribution in [0.25, 0.3) is 0 Å². The fraction of sp³-hybridized carbons (Fsp3) is 0.375. The topological polar surface area (TPSA) is 90.5 Å². The highest BCUT2D eigenvalue weighted by Crippen LogP contribution is 2.09. The van der Waals surface area contributed by atoms with Crippen molar-refractivity contribution < 1.29 is 23.2 Å². The molecular weight excluding hydrogens is 430 g/mol. The van der Waals surface area contributed by atoms with Crippen molar-refractivity contribution in [1.29, 1.82) is 0 Å². The highest BCUT2D eigenvalue weighted by molar-refractivity contribution is 6.01. The van der Waals surface area contributed by atoms with Crippen LogP contribution in [0.1, 0.15) is 18.1 Å². The van der Waals surface area contributed by atoms with E-state index in [1.165, 1.54) is 6.92 Å². The van der Waals surface area contributed by atoms with E-state index in [1.807, 2.05) is 49.3 Å². The quantitative estimate of drug-likeness (QED) is 0.472. The molecule has 0 saturated heterocycles. The summed E-state index contributed by atoms with van der Waals surface area (Å²) in [7, 11) is 3.83. The first-order valence-electron chi connectivity index (χ1n) is 10.6. The van der Waals surface area contributed by atoms with Crippen molar-refractivity contribution in [2.75, 3.05) is 27.2 Å². The third-order valence-electron chi connectivity index (χ3n) is 4.85. The van der Waals surface area contributed by atoms with Gasteiger partial charge in [0, 0.05) is 19.2 Å². The van der Waals surface area contributed by atoms with Gasteiger partial charge in [0.1, 0.15) is 17.7 Å². The summed E-state index contributed by atoms with van der Waals surface area (Å²) >= 11 is 0. The fourth-order valence-electron chi connectivity index (χ4n) is 3.14. The molecule has 0 fully saturated rings. The maximum atomic E-state index is 13.3. The average Bonchev–Trinajstić information content (AvgIpc) is 2.72. The first kappa shape index (κ1) is 26.1. The maximum Gasteiger partial charge on any atom is 0.248 e. The zero-order chi connectivity index (χ0) is 24.4. The van der Waals surface area contributed by atoms with E-state index in [4.69, 9.17) is 0 Å². The van der Waals surface area contributed by atoms with Crippen LogP contribution in [0.15, 0.2) is 48.5 Å². The summed E-state index contributed by atoms with van der Waals surface area (Å²) in [5, 5.41) is 7.94. The minimum Gasteiger partial charge on any atom is -0.344 e. The number of hydrogen-bond acceptors (Lipinski definition) is 5. The molecule has 0 aliphatic heterocycles. The van der Waals surface area contributed by atoms with Gasteiger partial charge in [-0.2, -0.15) is 0 Å². The van der Waals surface area contributed by atoms with Gasteiger partial charge in [-0.3, -0.25) is 19.7 Å². The van der Waals surface area contributed by atoms with Crippen molar-refractivity contribution >= 4 is 17.7 Å². The van der Waals surface area contributed by atoms with Crippen LogP contribution >= 0.6 is 0 Å². The Balaban J connectivity index is 1.94. The molecule has 0 radical (unpaired) electrons. The van der Waals surface area contributed by atoms with Crippen molar-refractivity contribution in [2.45, 2.75) is 31.8 Å². The van der Waals surface area contributed by atoms with Crippen molar-refractivity contribution in [3.05, 3.63) is 71.3 Å². The van der Waals surface area contributed by atoms with Crippen LogP contribution in [0.5, 0.6) is 0 Å². The van der Waals surface area contributed by atoms with E-state index in [1.54, 1.807) is 0 Å². The summed E-state index contributed by atoms with van der Waals surface area (Å²) in [6.45, 7) is 2.68. The van der Waals surface area contributed by atoms with E-state index in [2.05, 4.69) is 16.0 Å². The van der Waals surface area contributed by atoms with Gasteiger partial charge in [0.05, 0.1) is 12.5 Å². The van der Waals surface area contributed by atoms with Gasteiger partial charge in [-0.05, 0) is 50.7 Å². The van der Waals surface area contributed by atoms with E-state index in [9.17, 15) is 23.2 Å². The molecule has 2 aromatic rings. The van der Waals surface area contributed by atoms with Gasteiger partial charge in [-0.15, -0.1) is 0 Å². The summed E-state index contributed by atoms with van der Waals surface area (Å²) < 4.78 is 26.6. The number of rotatable bonds is 11. The molecule has 0 spiro atoms. The third-order valence-corrected chi connectivity index (χ3v) is 4.85. The third kappa shape index (κ3) is 9.46. The Bertz CT molecular complexity index is 934. The van der Waals surface area contributed by atoms with Crippen molar-refractivity contribution in [1.82, 2.24) is 20.9 Å². The van der Waals surface area contributed by atoms with Gasteiger partial charge in [-0.1, -0.05) is 30.3 Å². The van der Waals surface area contributed by atoms with Crippen LogP contribution in [0.2, 0.25) is 0 Å². The SMILES string of the molecule is C[C@H](NC(=O)Cc1cc(F)cc(F)c1)C(=O)NC(=O)[C@H](Cc1ccccc1)NCCN(C)C. The van der Waals surface area contributed by atoms with Gasteiger partial charge in [0.25, 0.3) is 0 Å². The van der Waals surface area contributed by atoms with Crippen molar-refractivity contribution in [3.8, 4) is 0 Å². The molecule has 0 saturated carbocycles. The highest BCUT2D eigenvalue weighted by atomic mass is 19.1. The van der Waals surface area contributed by atoms with Crippen LogP contribution in [-0.2, 0) is 27.2 Å². The van der Waals surface area contributed by atoms with Crippen LogP contribution < -0.4 is 16.0 Å². The smallest absolute Gasteiger partial charge is 0.248 e. The molecule has 7 nitrogen and oxygen atoms in total. The number of nitrogens with zero attached hydrogens (tertiary/aromatic N) is 1. The Morgan fingerprint density at radius 3 is 2.18 bits per heavy atom. The normalized spacial score (nSPS) is 12.8. The van der Waals surface area contributed by atoms with Crippen LogP contribution in [0.3, 0.4) is 0 Å². The van der Waals surface area contributed by atoms with Gasteiger partial charge in [0.15, 0.2) is 0 Å². The molecule has 0 bridgehead atoms. The van der Waals surface area contributed by atoms with E-state index >= 15 is 0 Å². The van der Waals surface area contributed by atoms with Crippen molar-refractivity contribution in [2.24, 2.45) is 0 Å². The lowest BCUT2D eigenvalue weighted by Crippen LogP contribution is -2.53. The zero-order valence-electron chi connectivity index (χ0n) is 19.0. The average molecular weight is 461 g/mol. The second-order valence-corrected chi connectivity index (χ2v) is 8.10. The maximum absolute atomic E-state index is 13.3. The van der Waals surface area contributed by atoms with Gasteiger partial charge >= 0.3 is 0 Å². The Hall–Kier alpha value is -3.17. The predicted molar refractivity (Wildman–Crippen MR) is 121 cm³/mol. The molecule has 0 heterocycles. The second kappa shape index (κ2) is 12.8. The summed E-state index contributed by atoms with van der Waals surface area (Å²) in [4.78, 5) is 39.4. The molecule has 0 aliphatic carbocycles. The molecule has 3 N–H and O–H groups in total. The Morgan fingerprint density at radius 2 is 1.58 bits per heavy atom. The minimum atomic E-state index is -1.01. The Labute approximate surface area is 192 Å². The molecule has 33 heavy (non-hydrogen) atoms. The number of hydrogen-bond donors (Lipinski definition) is 3. The predicted octanol–water partition coefficient (Wildman–Crippen LogP) is 1.42. The highest BCUT2D eigenvalue weighted by Gasteiger charge is 2.24. The molecule has 2 rings (SSSR count). The Kier molecular flexibility index (Phi) is 10.1. The lowest BCUT2D eigenvalue weighted by molar-refractivity contribution is -0.134. The lowest BCUT2D eigenvalue weighted by atomic mass is 10.0. The molecular formula is C24H30F2N4O3. The summed E-state index contributed by atoms with van der Waals surface area (Å²) in [5.41, 5.74) is 1.08. The van der Waals surface area contributed by atoms with Gasteiger partial charge < -0.3 is 15.5 Å². The second-order valence-electron chi connectivity index (χ2n) is 8.10. The van der Waals surface area contributed by atoms with Crippen LogP contribution in [0, 0.1) is 11.6 Å². The molecule has 0 unspecified atom stereocenters. The fourth-order valence-corrected chi connectivity index (χ4v) is 3.14. The number of carbonyl (C=O) groups is 3. The number of halogens is 2. The molecule has 3 amide bonds. The number of amides is 3. The van der Waals surface area contributed by atoms with E-state index in [0.717, 1.165) is 17.7 Å². The lowest BCUT2D eigenvalue weighted by Gasteiger charge is -2.21. The van der Waals surface area contributed by atoms with Crippen LogP contribution in [-0.4, -0.2) is 61.9 Å². The molecule has 2 atom stereocenters. The number of likely N-dealkylation sites (N-methyl/N-ethyl adjacent to an activating group) is 1. The number of carbonyl (C=O) groups excluding carboxylic acids is 3. The summed E-state index contributed by atoms with van der Waals surface area (Å²) in [5.74, 6) is -3.36.